The Bertz CT molecular complexity index is 1130. The molecule has 0 fully saturated rings. The van der Waals surface area contributed by atoms with Gasteiger partial charge in [-0.15, -0.1) is 11.8 Å². The van der Waals surface area contributed by atoms with Crippen LogP contribution in [0.5, 0.6) is 0 Å². The number of imide groups is 1. The Balaban J connectivity index is 1.37. The largest absolute Gasteiger partial charge is 0.332 e. The second kappa shape index (κ2) is 6.90. The number of hydrogen-bond acceptors (Lipinski definition) is 6. The van der Waals surface area contributed by atoms with Crippen LogP contribution in [0.15, 0.2) is 38.8 Å². The first kappa shape index (κ1) is 18.4. The van der Waals surface area contributed by atoms with Crippen molar-refractivity contribution < 1.29 is 9.59 Å². The molecule has 0 saturated heterocycles. The maximum absolute atomic E-state index is 12.4. The van der Waals surface area contributed by atoms with E-state index in [2.05, 4.69) is 4.99 Å². The monoisotopic (exact) mass is 398 g/mol. The van der Waals surface area contributed by atoms with Crippen LogP contribution in [0.1, 0.15) is 32.7 Å². The van der Waals surface area contributed by atoms with Gasteiger partial charge in [0.1, 0.15) is 5.82 Å². The van der Waals surface area contributed by atoms with Crippen molar-refractivity contribution in [3.05, 3.63) is 61.8 Å². The van der Waals surface area contributed by atoms with Crippen LogP contribution in [0.2, 0.25) is 0 Å². The van der Waals surface area contributed by atoms with Gasteiger partial charge >= 0.3 is 5.69 Å². The summed E-state index contributed by atoms with van der Waals surface area (Å²) in [6.07, 6.45) is 1.01. The van der Waals surface area contributed by atoms with Gasteiger partial charge in [-0.05, 0) is 18.6 Å². The molecule has 0 bridgehead atoms. The number of aromatic nitrogens is 2. The summed E-state index contributed by atoms with van der Waals surface area (Å²) in [6, 6.07) is 6.83. The highest BCUT2D eigenvalue weighted by atomic mass is 32.2. The van der Waals surface area contributed by atoms with Crippen molar-refractivity contribution in [2.45, 2.75) is 12.8 Å². The molecule has 0 saturated carbocycles. The normalized spacial score (nSPS) is 15.1. The van der Waals surface area contributed by atoms with Crippen LogP contribution >= 0.6 is 11.8 Å². The third kappa shape index (κ3) is 2.82. The lowest BCUT2D eigenvalue weighted by Crippen LogP contribution is -2.38. The van der Waals surface area contributed by atoms with Crippen molar-refractivity contribution in [2.24, 2.45) is 19.1 Å². The van der Waals surface area contributed by atoms with Gasteiger partial charge in [0.2, 0.25) is 0 Å². The van der Waals surface area contributed by atoms with E-state index >= 15 is 0 Å². The van der Waals surface area contributed by atoms with E-state index in [4.69, 9.17) is 0 Å². The zero-order valence-electron chi connectivity index (χ0n) is 15.5. The SMILES string of the molecule is Cn1c2c(c(=O)n(C)c1=O)CC(SCCCN1C(=O)c3ccccc3C1=O)=N2. The van der Waals surface area contributed by atoms with Gasteiger partial charge in [-0.3, -0.25) is 28.4 Å². The number of nitrogens with zero attached hydrogens (tertiary/aromatic N) is 4. The van der Waals surface area contributed by atoms with Crippen LogP contribution < -0.4 is 11.2 Å². The Morgan fingerprint density at radius 1 is 1.00 bits per heavy atom. The minimum absolute atomic E-state index is 0.255. The van der Waals surface area contributed by atoms with E-state index in [1.54, 1.807) is 31.3 Å². The van der Waals surface area contributed by atoms with Gasteiger partial charge in [0.25, 0.3) is 17.4 Å². The molecule has 0 atom stereocenters. The van der Waals surface area contributed by atoms with Crippen LogP contribution in [0, 0.1) is 0 Å². The maximum Gasteiger partial charge on any atom is 0.332 e. The molecule has 144 valence electrons. The van der Waals surface area contributed by atoms with Crippen molar-refractivity contribution in [1.29, 1.82) is 0 Å². The molecule has 28 heavy (non-hydrogen) atoms. The Morgan fingerprint density at radius 2 is 1.64 bits per heavy atom. The highest BCUT2D eigenvalue weighted by Crippen LogP contribution is 2.27. The molecule has 0 unspecified atom stereocenters. The van der Waals surface area contributed by atoms with Gasteiger partial charge < -0.3 is 0 Å². The fourth-order valence-corrected chi connectivity index (χ4v) is 4.35. The summed E-state index contributed by atoms with van der Waals surface area (Å²) in [6.45, 7) is 0.333. The number of amides is 2. The average molecular weight is 398 g/mol. The number of thioether (sulfide) groups is 1. The van der Waals surface area contributed by atoms with Crippen LogP contribution in [0.25, 0.3) is 0 Å². The summed E-state index contributed by atoms with van der Waals surface area (Å²) >= 11 is 1.48. The third-order valence-electron chi connectivity index (χ3n) is 4.96. The standard InChI is InChI=1S/C19H18N4O4S/c1-21-15-13(16(24)22(2)19(21)27)10-14(20-15)28-9-5-8-23-17(25)11-6-3-4-7-12(11)18(23)26/h3-4,6-7H,5,8-10H2,1-2H3. The number of benzene rings is 1. The molecule has 4 rings (SSSR count). The Morgan fingerprint density at radius 3 is 2.29 bits per heavy atom. The summed E-state index contributed by atoms with van der Waals surface area (Å²) in [4.78, 5) is 54.6. The zero-order chi connectivity index (χ0) is 20.0. The molecule has 2 aliphatic heterocycles. The molecule has 0 N–H and O–H groups in total. The van der Waals surface area contributed by atoms with Crippen LogP contribution in [-0.2, 0) is 20.5 Å². The first-order chi connectivity index (χ1) is 13.4. The van der Waals surface area contributed by atoms with E-state index in [0.29, 0.717) is 47.6 Å². The molecular weight excluding hydrogens is 380 g/mol. The van der Waals surface area contributed by atoms with Gasteiger partial charge in [-0.1, -0.05) is 12.1 Å². The molecule has 3 heterocycles. The fraction of sp³-hybridized carbons (Fsp3) is 0.316. The maximum atomic E-state index is 12.4. The van der Waals surface area contributed by atoms with E-state index < -0.39 is 5.69 Å². The van der Waals surface area contributed by atoms with Crippen molar-refractivity contribution in [3.63, 3.8) is 0 Å². The fourth-order valence-electron chi connectivity index (χ4n) is 3.45. The van der Waals surface area contributed by atoms with Gasteiger partial charge in [0, 0.05) is 32.8 Å². The molecule has 1 aromatic carbocycles. The molecular formula is C19H18N4O4S. The lowest BCUT2D eigenvalue weighted by molar-refractivity contribution is 0.0655. The Hall–Kier alpha value is -2.94. The molecule has 9 heteroatoms. The Kier molecular flexibility index (Phi) is 4.54. The highest BCUT2D eigenvalue weighted by Gasteiger charge is 2.34. The first-order valence-corrected chi connectivity index (χ1v) is 9.83. The topological polar surface area (TPSA) is 93.7 Å². The molecule has 2 amide bonds. The van der Waals surface area contributed by atoms with E-state index in [-0.39, 0.29) is 17.4 Å². The van der Waals surface area contributed by atoms with Gasteiger partial charge in [-0.25, -0.2) is 9.79 Å². The quantitative estimate of drug-likeness (QED) is 0.568. The second-order valence-corrected chi connectivity index (χ2v) is 7.87. The van der Waals surface area contributed by atoms with E-state index in [0.717, 1.165) is 9.61 Å². The summed E-state index contributed by atoms with van der Waals surface area (Å²) < 4.78 is 2.47. The zero-order valence-corrected chi connectivity index (χ0v) is 16.3. The van der Waals surface area contributed by atoms with Crippen LogP contribution in [0.3, 0.4) is 0 Å². The van der Waals surface area contributed by atoms with E-state index in [9.17, 15) is 19.2 Å². The third-order valence-corrected chi connectivity index (χ3v) is 6.02. The van der Waals surface area contributed by atoms with Crippen LogP contribution in [-0.4, -0.2) is 43.2 Å². The van der Waals surface area contributed by atoms with Gasteiger partial charge in [0.05, 0.1) is 21.7 Å². The Labute approximate surface area is 164 Å². The van der Waals surface area contributed by atoms with Crippen molar-refractivity contribution in [1.82, 2.24) is 14.0 Å². The molecule has 2 aliphatic rings. The lowest BCUT2D eigenvalue weighted by atomic mass is 10.1. The van der Waals surface area contributed by atoms with Crippen LogP contribution in [0.4, 0.5) is 5.82 Å². The number of aliphatic imine (C=N–C) groups is 1. The number of fused-ring (bicyclic) bond motifs is 2. The van der Waals surface area contributed by atoms with E-state index in [1.165, 1.54) is 28.3 Å². The average Bonchev–Trinajstić information content (AvgIpc) is 3.23. The van der Waals surface area contributed by atoms with Crippen molar-refractivity contribution >= 4 is 34.4 Å². The molecule has 0 radical (unpaired) electrons. The summed E-state index contributed by atoms with van der Waals surface area (Å²) in [7, 11) is 3.05. The number of rotatable bonds is 4. The molecule has 2 aromatic rings. The molecule has 0 spiro atoms. The predicted octanol–water partition coefficient (Wildman–Crippen LogP) is 1.09. The minimum atomic E-state index is -0.399. The highest BCUT2D eigenvalue weighted by molar-refractivity contribution is 8.14. The summed E-state index contributed by atoms with van der Waals surface area (Å²) in [5.74, 6) is 0.550. The van der Waals surface area contributed by atoms with Gasteiger partial charge in [0.15, 0.2) is 0 Å². The minimum Gasteiger partial charge on any atom is -0.281 e. The summed E-state index contributed by atoms with van der Waals surface area (Å²) in [5.41, 5.74) is 0.709. The molecule has 8 nitrogen and oxygen atoms in total. The first-order valence-electron chi connectivity index (χ1n) is 8.84. The smallest absolute Gasteiger partial charge is 0.281 e. The second-order valence-electron chi connectivity index (χ2n) is 6.70. The number of hydrogen-bond donors (Lipinski definition) is 0. The van der Waals surface area contributed by atoms with Crippen molar-refractivity contribution in [2.75, 3.05) is 12.3 Å². The number of carbonyl (C=O) groups is 2. The summed E-state index contributed by atoms with van der Waals surface area (Å²) in [5, 5.41) is 0.760. The van der Waals surface area contributed by atoms with Crippen molar-refractivity contribution in [3.8, 4) is 0 Å². The number of carbonyl (C=O) groups excluding carboxylic acids is 2. The van der Waals surface area contributed by atoms with E-state index in [1.807, 2.05) is 0 Å². The molecule has 1 aromatic heterocycles. The predicted molar refractivity (Wildman–Crippen MR) is 107 cm³/mol. The lowest BCUT2D eigenvalue weighted by Gasteiger charge is -2.13. The molecule has 0 aliphatic carbocycles. The van der Waals surface area contributed by atoms with Gasteiger partial charge in [-0.2, -0.15) is 0 Å².